The molecular formula is C9H12N3O2PtS+3. The first-order valence-corrected chi connectivity index (χ1v) is 4.54. The molecule has 0 saturated heterocycles. The van der Waals surface area contributed by atoms with Crippen molar-refractivity contribution in [3.05, 3.63) is 29.2 Å². The Balaban J connectivity index is 0.00000225. The van der Waals surface area contributed by atoms with Crippen LogP contribution in [-0.2, 0) is 33.3 Å². The number of methoxy groups -OCH3 is 1. The van der Waals surface area contributed by atoms with Crippen LogP contribution in [0, 0.1) is 0 Å². The number of rotatable bonds is 3. The zero-order chi connectivity index (χ0) is 11.3. The quantitative estimate of drug-likeness (QED) is 0.248. The van der Waals surface area contributed by atoms with Gasteiger partial charge < -0.3 is 20.4 Å². The van der Waals surface area contributed by atoms with Gasteiger partial charge in [-0.3, -0.25) is 5.73 Å². The largest absolute Gasteiger partial charge is 2.00 e. The van der Waals surface area contributed by atoms with Gasteiger partial charge in [-0.1, -0.05) is 6.07 Å². The fourth-order valence-corrected chi connectivity index (χ4v) is 1.03. The number of ether oxygens (including phenoxy) is 1. The first kappa shape index (κ1) is 15.0. The van der Waals surface area contributed by atoms with E-state index in [-0.39, 0.29) is 31.9 Å². The van der Waals surface area contributed by atoms with Gasteiger partial charge in [-0.15, -0.1) is 0 Å². The van der Waals surface area contributed by atoms with E-state index in [9.17, 15) is 0 Å². The Morgan fingerprint density at radius 2 is 2.31 bits per heavy atom. The number of hydrogen-bond acceptors (Lipinski definition) is 2. The topological polar surface area (TPSA) is 84.6 Å². The van der Waals surface area contributed by atoms with Gasteiger partial charge in [-0.2, -0.15) is 0 Å². The minimum atomic E-state index is 0. The molecule has 0 saturated carbocycles. The van der Waals surface area contributed by atoms with E-state index in [4.69, 9.17) is 15.6 Å². The molecule has 0 atom stereocenters. The van der Waals surface area contributed by atoms with Crippen LogP contribution in [0.4, 0.5) is 0 Å². The molecule has 0 fully saturated rings. The van der Waals surface area contributed by atoms with Crippen LogP contribution >= 0.6 is 0 Å². The molecule has 0 spiro atoms. The molecule has 0 aliphatic rings. The van der Waals surface area contributed by atoms with Crippen molar-refractivity contribution in [3.8, 4) is 11.5 Å². The first-order chi connectivity index (χ1) is 7.15. The number of nitrogens with two attached hydrogens (primary N) is 1. The second-order valence-corrected chi connectivity index (χ2v) is 3.09. The van der Waals surface area contributed by atoms with Gasteiger partial charge in [0.05, 0.1) is 12.7 Å². The van der Waals surface area contributed by atoms with E-state index in [1.807, 2.05) is 0 Å². The average Bonchev–Trinajstić information content (AvgIpc) is 2.20. The molecule has 1 aromatic rings. The van der Waals surface area contributed by atoms with Gasteiger partial charge in [0.15, 0.2) is 17.3 Å². The van der Waals surface area contributed by atoms with E-state index in [1.165, 1.54) is 13.3 Å². The molecule has 0 heterocycles. The van der Waals surface area contributed by atoms with Crippen LogP contribution in [0.25, 0.3) is 5.43 Å². The normalized spacial score (nSPS) is 9.62. The first-order valence-electron chi connectivity index (χ1n) is 4.09. The zero-order valence-electron chi connectivity index (χ0n) is 8.45. The van der Waals surface area contributed by atoms with E-state index < -0.39 is 0 Å². The molecule has 0 aromatic heterocycles. The van der Waals surface area contributed by atoms with E-state index in [2.05, 4.69) is 22.7 Å². The molecule has 0 unspecified atom stereocenters. The summed E-state index contributed by atoms with van der Waals surface area (Å²) in [4.78, 5) is 0. The van der Waals surface area contributed by atoms with Crippen molar-refractivity contribution in [1.29, 1.82) is 0 Å². The number of thiol groups is 1. The summed E-state index contributed by atoms with van der Waals surface area (Å²) in [5, 5.41) is 11.5. The molecular weight excluding hydrogens is 409 g/mol. The molecule has 88 valence electrons. The predicted molar refractivity (Wildman–Crippen MR) is 65.0 cm³/mol. The molecule has 0 aliphatic carbocycles. The zero-order valence-corrected chi connectivity index (χ0v) is 11.6. The number of para-hydroxylation sites is 1. The van der Waals surface area contributed by atoms with Crippen molar-refractivity contribution in [3.63, 3.8) is 0 Å². The fourth-order valence-electron chi connectivity index (χ4n) is 0.976. The summed E-state index contributed by atoms with van der Waals surface area (Å²) in [5.74, 6) is 0.749. The van der Waals surface area contributed by atoms with Gasteiger partial charge in [-0.25, -0.2) is 0 Å². The van der Waals surface area contributed by atoms with Crippen LogP contribution in [-0.4, -0.2) is 23.5 Å². The molecule has 1 rings (SSSR count). The molecule has 0 radical (unpaired) electrons. The SMILES string of the molecule is COc1cccc(C=N[N-]C(N)=[SH+])c1[OH2+].[Pt+2]. The van der Waals surface area contributed by atoms with Gasteiger partial charge in [-0.05, 0) is 12.1 Å². The Morgan fingerprint density at radius 3 is 2.88 bits per heavy atom. The second kappa shape index (κ2) is 7.33. The Labute approximate surface area is 113 Å². The Hall–Kier alpha value is -0.972. The third-order valence-electron chi connectivity index (χ3n) is 1.64. The van der Waals surface area contributed by atoms with Gasteiger partial charge >= 0.3 is 26.8 Å². The van der Waals surface area contributed by atoms with Crippen molar-refractivity contribution >= 4 is 23.5 Å². The minimum absolute atomic E-state index is 0. The Kier molecular flexibility index (Phi) is 6.88. The smallest absolute Gasteiger partial charge is 0.590 e. The molecule has 7 heteroatoms. The van der Waals surface area contributed by atoms with Crippen LogP contribution in [0.5, 0.6) is 11.5 Å². The third-order valence-corrected chi connectivity index (χ3v) is 1.72. The number of benzene rings is 1. The maximum atomic E-state index is 7.72. The summed E-state index contributed by atoms with van der Waals surface area (Å²) < 4.78 is 4.99. The van der Waals surface area contributed by atoms with Crippen molar-refractivity contribution in [2.24, 2.45) is 10.8 Å². The summed E-state index contributed by atoms with van der Waals surface area (Å²) in [6.07, 6.45) is 1.42. The molecule has 0 amide bonds. The van der Waals surface area contributed by atoms with Gasteiger partial charge in [0.1, 0.15) is 0 Å². The Bertz CT molecular complexity index is 398. The molecule has 0 bridgehead atoms. The summed E-state index contributed by atoms with van der Waals surface area (Å²) in [7, 11) is 1.51. The van der Waals surface area contributed by atoms with Crippen LogP contribution in [0.1, 0.15) is 5.56 Å². The average molecular weight is 421 g/mol. The summed E-state index contributed by atoms with van der Waals surface area (Å²) >= 11 is 3.75. The number of hydrogen-bond donors (Lipinski definition) is 1. The molecule has 1 aromatic carbocycles. The van der Waals surface area contributed by atoms with Crippen molar-refractivity contribution in [1.82, 2.24) is 0 Å². The van der Waals surface area contributed by atoms with Crippen molar-refractivity contribution < 1.29 is 30.9 Å². The van der Waals surface area contributed by atoms with Crippen molar-refractivity contribution in [2.45, 2.75) is 0 Å². The van der Waals surface area contributed by atoms with E-state index >= 15 is 0 Å². The van der Waals surface area contributed by atoms with E-state index in [1.54, 1.807) is 18.2 Å². The van der Waals surface area contributed by atoms with Crippen LogP contribution < -0.4 is 10.5 Å². The standard InChI is InChI=1S/C9H11N3O2S.Pt/c1-14-7-4-2-3-6(8(7)13)5-11-12-9(10)15;/h2-5H,1H3,(H4,10,11,12,13,15);/q;+2/p+1. The molecule has 4 N–H and O–H groups in total. The summed E-state index contributed by atoms with van der Waals surface area (Å²) in [6.45, 7) is 0. The second-order valence-electron chi connectivity index (χ2n) is 2.63. The van der Waals surface area contributed by atoms with Gasteiger partial charge in [0.2, 0.25) is 5.75 Å². The molecule has 0 aliphatic heterocycles. The minimum Gasteiger partial charge on any atom is -0.590 e. The van der Waals surface area contributed by atoms with E-state index in [0.717, 1.165) is 0 Å². The van der Waals surface area contributed by atoms with E-state index in [0.29, 0.717) is 11.3 Å². The number of nitrogens with zero attached hydrogens (tertiary/aromatic N) is 2. The maximum Gasteiger partial charge on any atom is 2.00 e. The summed E-state index contributed by atoms with van der Waals surface area (Å²) in [6, 6.07) is 5.21. The summed E-state index contributed by atoms with van der Waals surface area (Å²) in [5.41, 5.74) is 9.30. The molecule has 16 heavy (non-hydrogen) atoms. The predicted octanol–water partition coefficient (Wildman–Crippen LogP) is 0.163. The fraction of sp³-hybridized carbons (Fsp3) is 0.111. The van der Waals surface area contributed by atoms with Crippen LogP contribution in [0.2, 0.25) is 0 Å². The Morgan fingerprint density at radius 1 is 1.62 bits per heavy atom. The van der Waals surface area contributed by atoms with Crippen LogP contribution in [0.15, 0.2) is 23.3 Å². The third kappa shape index (κ3) is 4.26. The monoisotopic (exact) mass is 421 g/mol. The van der Waals surface area contributed by atoms with Gasteiger partial charge in [0, 0.05) is 6.21 Å². The molecule has 5 nitrogen and oxygen atoms in total. The van der Waals surface area contributed by atoms with Gasteiger partial charge in [0.25, 0.3) is 0 Å². The van der Waals surface area contributed by atoms with Crippen LogP contribution in [0.3, 0.4) is 0 Å². The van der Waals surface area contributed by atoms with Crippen molar-refractivity contribution in [2.75, 3.05) is 7.11 Å². The maximum absolute atomic E-state index is 7.72.